The van der Waals surface area contributed by atoms with Crippen LogP contribution in [0.4, 0.5) is 0 Å². The third-order valence-corrected chi connectivity index (χ3v) is 3.70. The molecule has 0 aliphatic carbocycles. The Morgan fingerprint density at radius 3 is 2.56 bits per heavy atom. The van der Waals surface area contributed by atoms with E-state index in [-0.39, 0.29) is 0 Å². The predicted octanol–water partition coefficient (Wildman–Crippen LogP) is 0.840. The van der Waals surface area contributed by atoms with Crippen LogP contribution in [0.2, 0.25) is 0 Å². The molecule has 0 spiro atoms. The van der Waals surface area contributed by atoms with Gasteiger partial charge in [-0.3, -0.25) is 4.68 Å². The minimum Gasteiger partial charge on any atom is -0.389 e. The van der Waals surface area contributed by atoms with Gasteiger partial charge in [0, 0.05) is 33.1 Å². The molecule has 5 heteroatoms. The maximum atomic E-state index is 10.6. The molecule has 1 saturated heterocycles. The fraction of sp³-hybridized carbons (Fsp3) is 0.846. The first-order valence-corrected chi connectivity index (χ1v) is 6.76. The number of nitrogens with zero attached hydrogens (tertiary/aromatic N) is 4. The van der Waals surface area contributed by atoms with E-state index in [1.165, 1.54) is 0 Å². The molecule has 18 heavy (non-hydrogen) atoms. The van der Waals surface area contributed by atoms with Crippen LogP contribution in [-0.4, -0.2) is 50.0 Å². The highest BCUT2D eigenvalue weighted by atomic mass is 16.3. The van der Waals surface area contributed by atoms with Crippen molar-refractivity contribution < 1.29 is 5.11 Å². The van der Waals surface area contributed by atoms with E-state index >= 15 is 0 Å². The number of aromatic nitrogens is 3. The topological polar surface area (TPSA) is 54.2 Å². The van der Waals surface area contributed by atoms with Crippen molar-refractivity contribution in [3.8, 4) is 0 Å². The minimum absolute atomic E-state index is 0.603. The molecule has 0 unspecified atom stereocenters. The standard InChI is InChI=1S/C13H24N4O/c1-11(2)9-17-6-4-13(18,5-7-17)8-12-14-10-15-16(12)3/h10-11,18H,4-9H2,1-3H3. The van der Waals surface area contributed by atoms with Crippen LogP contribution in [0.1, 0.15) is 32.5 Å². The molecule has 1 fully saturated rings. The second-order valence-corrected chi connectivity index (χ2v) is 5.90. The fourth-order valence-electron chi connectivity index (χ4n) is 2.62. The Balaban J connectivity index is 1.89. The molecule has 0 atom stereocenters. The molecule has 5 nitrogen and oxygen atoms in total. The second-order valence-electron chi connectivity index (χ2n) is 5.90. The third kappa shape index (κ3) is 3.29. The van der Waals surface area contributed by atoms with Gasteiger partial charge in [0.25, 0.3) is 0 Å². The molecular weight excluding hydrogens is 228 g/mol. The lowest BCUT2D eigenvalue weighted by molar-refractivity contribution is -0.0246. The summed E-state index contributed by atoms with van der Waals surface area (Å²) in [4.78, 5) is 6.64. The van der Waals surface area contributed by atoms with E-state index in [1.807, 2.05) is 7.05 Å². The highest BCUT2D eigenvalue weighted by Gasteiger charge is 2.33. The van der Waals surface area contributed by atoms with Gasteiger partial charge in [-0.15, -0.1) is 0 Å². The van der Waals surface area contributed by atoms with Crippen molar-refractivity contribution >= 4 is 0 Å². The Morgan fingerprint density at radius 2 is 2.06 bits per heavy atom. The van der Waals surface area contributed by atoms with Crippen molar-refractivity contribution in [2.24, 2.45) is 13.0 Å². The lowest BCUT2D eigenvalue weighted by Gasteiger charge is -2.38. The molecular formula is C13H24N4O. The molecule has 102 valence electrons. The zero-order valence-corrected chi connectivity index (χ0v) is 11.6. The van der Waals surface area contributed by atoms with Crippen molar-refractivity contribution in [3.63, 3.8) is 0 Å². The molecule has 2 rings (SSSR count). The molecule has 1 aliphatic rings. The third-order valence-electron chi connectivity index (χ3n) is 3.70. The van der Waals surface area contributed by atoms with E-state index < -0.39 is 5.60 Å². The summed E-state index contributed by atoms with van der Waals surface area (Å²) in [5, 5.41) is 14.7. The Kier molecular flexibility index (Phi) is 4.02. The van der Waals surface area contributed by atoms with Gasteiger partial charge in [0.15, 0.2) is 0 Å². The first-order chi connectivity index (χ1) is 8.48. The number of rotatable bonds is 4. The molecule has 0 aromatic carbocycles. The van der Waals surface area contributed by atoms with E-state index in [2.05, 4.69) is 28.8 Å². The molecule has 1 aromatic rings. The van der Waals surface area contributed by atoms with Gasteiger partial charge in [-0.2, -0.15) is 5.10 Å². The summed E-state index contributed by atoms with van der Waals surface area (Å²) < 4.78 is 1.75. The Labute approximate surface area is 109 Å². The summed E-state index contributed by atoms with van der Waals surface area (Å²) in [6, 6.07) is 0. The summed E-state index contributed by atoms with van der Waals surface area (Å²) in [6.07, 6.45) is 3.81. The van der Waals surface area contributed by atoms with Crippen molar-refractivity contribution in [2.45, 2.75) is 38.7 Å². The van der Waals surface area contributed by atoms with Crippen LogP contribution in [0.5, 0.6) is 0 Å². The van der Waals surface area contributed by atoms with Gasteiger partial charge in [-0.1, -0.05) is 13.8 Å². The van der Waals surface area contributed by atoms with Crippen molar-refractivity contribution in [2.75, 3.05) is 19.6 Å². The largest absolute Gasteiger partial charge is 0.389 e. The predicted molar refractivity (Wildman–Crippen MR) is 70.2 cm³/mol. The average molecular weight is 252 g/mol. The van der Waals surface area contributed by atoms with Crippen LogP contribution in [0, 0.1) is 5.92 Å². The maximum absolute atomic E-state index is 10.6. The van der Waals surface area contributed by atoms with Gasteiger partial charge < -0.3 is 10.0 Å². The number of aliphatic hydroxyl groups is 1. The maximum Gasteiger partial charge on any atom is 0.138 e. The molecule has 0 radical (unpaired) electrons. The molecule has 0 saturated carbocycles. The molecule has 2 heterocycles. The molecule has 1 N–H and O–H groups in total. The second kappa shape index (κ2) is 5.36. The van der Waals surface area contributed by atoms with Crippen molar-refractivity contribution in [1.82, 2.24) is 19.7 Å². The fourth-order valence-corrected chi connectivity index (χ4v) is 2.62. The van der Waals surface area contributed by atoms with Crippen LogP contribution in [0.25, 0.3) is 0 Å². The van der Waals surface area contributed by atoms with E-state index in [0.717, 1.165) is 38.3 Å². The summed E-state index contributed by atoms with van der Waals surface area (Å²) in [5.74, 6) is 1.56. The first-order valence-electron chi connectivity index (χ1n) is 6.76. The lowest BCUT2D eigenvalue weighted by Crippen LogP contribution is -2.46. The van der Waals surface area contributed by atoms with Crippen LogP contribution >= 0.6 is 0 Å². The zero-order valence-electron chi connectivity index (χ0n) is 11.6. The van der Waals surface area contributed by atoms with Crippen molar-refractivity contribution in [1.29, 1.82) is 0 Å². The summed E-state index contributed by atoms with van der Waals surface area (Å²) in [7, 11) is 1.87. The Hall–Kier alpha value is -0.940. The van der Waals surface area contributed by atoms with Crippen LogP contribution in [0.15, 0.2) is 6.33 Å². The van der Waals surface area contributed by atoms with E-state index in [1.54, 1.807) is 11.0 Å². The highest BCUT2D eigenvalue weighted by molar-refractivity contribution is 4.97. The van der Waals surface area contributed by atoms with E-state index in [0.29, 0.717) is 12.3 Å². The number of likely N-dealkylation sites (tertiary alicyclic amines) is 1. The quantitative estimate of drug-likeness (QED) is 0.863. The molecule has 0 amide bonds. The van der Waals surface area contributed by atoms with Gasteiger partial charge in [-0.25, -0.2) is 4.98 Å². The highest BCUT2D eigenvalue weighted by Crippen LogP contribution is 2.25. The number of hydrogen-bond acceptors (Lipinski definition) is 4. The van der Waals surface area contributed by atoms with Crippen LogP contribution < -0.4 is 0 Å². The lowest BCUT2D eigenvalue weighted by atomic mass is 9.87. The summed E-state index contributed by atoms with van der Waals surface area (Å²) in [6.45, 7) is 7.56. The van der Waals surface area contributed by atoms with Gasteiger partial charge >= 0.3 is 0 Å². The Morgan fingerprint density at radius 1 is 1.39 bits per heavy atom. The molecule has 0 bridgehead atoms. The SMILES string of the molecule is CC(C)CN1CCC(O)(Cc2ncnn2C)CC1. The van der Waals surface area contributed by atoms with Gasteiger partial charge in [0.1, 0.15) is 12.2 Å². The van der Waals surface area contributed by atoms with Crippen LogP contribution in [0.3, 0.4) is 0 Å². The van der Waals surface area contributed by atoms with E-state index in [4.69, 9.17) is 0 Å². The first kappa shape index (κ1) is 13.5. The van der Waals surface area contributed by atoms with Crippen LogP contribution in [-0.2, 0) is 13.5 Å². The number of aryl methyl sites for hydroxylation is 1. The van der Waals surface area contributed by atoms with Gasteiger partial charge in [-0.05, 0) is 18.8 Å². The van der Waals surface area contributed by atoms with E-state index in [9.17, 15) is 5.11 Å². The van der Waals surface area contributed by atoms with Gasteiger partial charge in [0.2, 0.25) is 0 Å². The summed E-state index contributed by atoms with van der Waals surface area (Å²) in [5.41, 5.74) is -0.603. The average Bonchev–Trinajstić information content (AvgIpc) is 2.67. The smallest absolute Gasteiger partial charge is 0.138 e. The minimum atomic E-state index is -0.603. The zero-order chi connectivity index (χ0) is 13.2. The number of hydrogen-bond donors (Lipinski definition) is 1. The number of piperidine rings is 1. The monoisotopic (exact) mass is 252 g/mol. The molecule has 1 aromatic heterocycles. The van der Waals surface area contributed by atoms with Crippen molar-refractivity contribution in [3.05, 3.63) is 12.2 Å². The van der Waals surface area contributed by atoms with Gasteiger partial charge in [0.05, 0.1) is 5.60 Å². The molecule has 1 aliphatic heterocycles. The normalized spacial score (nSPS) is 20.5. The Bertz CT molecular complexity index is 380. The summed E-state index contributed by atoms with van der Waals surface area (Å²) >= 11 is 0.